The van der Waals surface area contributed by atoms with E-state index in [2.05, 4.69) is 19.1 Å². The molecular weight excluding hydrogens is 166 g/mol. The van der Waals surface area contributed by atoms with Crippen LogP contribution in [0.2, 0.25) is 0 Å². The maximum atomic E-state index is 11.3. The van der Waals surface area contributed by atoms with Crippen molar-refractivity contribution in [1.29, 1.82) is 0 Å². The Hall–Kier alpha value is -0.990. The summed E-state index contributed by atoms with van der Waals surface area (Å²) in [7, 11) is 0. The van der Waals surface area contributed by atoms with Crippen LogP contribution in [-0.2, 0) is 4.74 Å². The van der Waals surface area contributed by atoms with E-state index in [1.807, 2.05) is 4.90 Å². The van der Waals surface area contributed by atoms with Gasteiger partial charge in [-0.3, -0.25) is 4.90 Å². The van der Waals surface area contributed by atoms with Gasteiger partial charge in [-0.2, -0.15) is 0 Å². The summed E-state index contributed by atoms with van der Waals surface area (Å²) >= 11 is 0. The van der Waals surface area contributed by atoms with E-state index in [0.717, 1.165) is 6.42 Å². The maximum absolute atomic E-state index is 11.3. The Balaban J connectivity index is 1.98. The third kappa shape index (κ3) is 1.43. The molecule has 0 N–H and O–H groups in total. The van der Waals surface area contributed by atoms with Gasteiger partial charge in [-0.25, -0.2) is 4.79 Å². The number of cyclic esters (lactones) is 1. The number of nitrogens with zero attached hydrogens (tertiary/aromatic N) is 1. The van der Waals surface area contributed by atoms with Crippen molar-refractivity contribution in [3.8, 4) is 0 Å². The first kappa shape index (κ1) is 8.60. The topological polar surface area (TPSA) is 29.5 Å². The lowest BCUT2D eigenvalue weighted by atomic mass is 10.1. The smallest absolute Gasteiger partial charge is 0.410 e. The first-order chi connectivity index (χ1) is 6.33. The number of fused-ring (bicyclic) bond motifs is 1. The van der Waals surface area contributed by atoms with E-state index in [1.54, 1.807) is 0 Å². The summed E-state index contributed by atoms with van der Waals surface area (Å²) < 4.78 is 4.97. The number of carbonyl (C=O) groups is 1. The number of rotatable bonds is 3. The lowest BCUT2D eigenvalue weighted by Gasteiger charge is -2.20. The summed E-state index contributed by atoms with van der Waals surface area (Å²) in [4.78, 5) is 13.1. The highest BCUT2D eigenvalue weighted by Crippen LogP contribution is 2.26. The van der Waals surface area contributed by atoms with Gasteiger partial charge in [0.1, 0.15) is 6.61 Å². The minimum absolute atomic E-state index is 0.142. The molecule has 2 aliphatic rings. The first-order valence-corrected chi connectivity index (χ1v) is 4.96. The summed E-state index contributed by atoms with van der Waals surface area (Å²) in [6.07, 6.45) is 7.50. The molecule has 0 aromatic carbocycles. The average Bonchev–Trinajstić information content (AvgIpc) is 2.67. The predicted octanol–water partition coefficient (Wildman–Crippen LogP) is 1.94. The Labute approximate surface area is 78.4 Å². The van der Waals surface area contributed by atoms with Crippen LogP contribution in [0.4, 0.5) is 4.79 Å². The molecule has 3 nitrogen and oxygen atoms in total. The second kappa shape index (κ2) is 3.40. The van der Waals surface area contributed by atoms with Crippen molar-refractivity contribution in [1.82, 2.24) is 4.90 Å². The van der Waals surface area contributed by atoms with Crippen molar-refractivity contribution in [2.45, 2.75) is 38.3 Å². The Morgan fingerprint density at radius 1 is 1.62 bits per heavy atom. The molecule has 13 heavy (non-hydrogen) atoms. The lowest BCUT2D eigenvalue weighted by Crippen LogP contribution is -2.35. The molecule has 1 unspecified atom stereocenters. The molecule has 2 aliphatic heterocycles. The maximum Gasteiger partial charge on any atom is 0.410 e. The Morgan fingerprint density at radius 3 is 3.23 bits per heavy atom. The average molecular weight is 181 g/mol. The van der Waals surface area contributed by atoms with Crippen molar-refractivity contribution >= 4 is 6.09 Å². The quantitative estimate of drug-likeness (QED) is 0.623. The van der Waals surface area contributed by atoms with Crippen LogP contribution in [0.15, 0.2) is 12.2 Å². The fourth-order valence-corrected chi connectivity index (χ4v) is 1.97. The summed E-state index contributed by atoms with van der Waals surface area (Å²) in [5.74, 6) is 0. The van der Waals surface area contributed by atoms with Crippen LogP contribution in [0.25, 0.3) is 0 Å². The van der Waals surface area contributed by atoms with Gasteiger partial charge in [0.05, 0.1) is 12.1 Å². The van der Waals surface area contributed by atoms with Crippen molar-refractivity contribution in [2.75, 3.05) is 6.61 Å². The lowest BCUT2D eigenvalue weighted by molar-refractivity contribution is 0.152. The van der Waals surface area contributed by atoms with Gasteiger partial charge in [-0.1, -0.05) is 31.9 Å². The number of hydrogen-bond acceptors (Lipinski definition) is 2. The van der Waals surface area contributed by atoms with Crippen molar-refractivity contribution in [3.05, 3.63) is 12.2 Å². The zero-order valence-corrected chi connectivity index (χ0v) is 7.90. The molecule has 2 rings (SSSR count). The summed E-state index contributed by atoms with van der Waals surface area (Å²) in [6.45, 7) is 2.70. The number of hydrogen-bond donors (Lipinski definition) is 0. The van der Waals surface area contributed by atoms with Crippen molar-refractivity contribution < 1.29 is 9.53 Å². The Kier molecular flexibility index (Phi) is 2.25. The third-order valence-electron chi connectivity index (χ3n) is 2.71. The largest absolute Gasteiger partial charge is 0.447 e. The van der Waals surface area contributed by atoms with Gasteiger partial charge in [0.15, 0.2) is 0 Å². The van der Waals surface area contributed by atoms with E-state index in [1.165, 1.54) is 12.8 Å². The number of unbranched alkanes of at least 4 members (excludes halogenated alkanes) is 1. The zero-order chi connectivity index (χ0) is 9.26. The zero-order valence-electron chi connectivity index (χ0n) is 7.90. The van der Waals surface area contributed by atoms with Gasteiger partial charge >= 0.3 is 6.09 Å². The van der Waals surface area contributed by atoms with E-state index >= 15 is 0 Å². The fourth-order valence-electron chi connectivity index (χ4n) is 1.97. The number of carbonyl (C=O) groups excluding carboxylic acids is 1. The molecule has 2 atom stereocenters. The third-order valence-corrected chi connectivity index (χ3v) is 2.71. The number of ether oxygens (including phenoxy) is 1. The van der Waals surface area contributed by atoms with Gasteiger partial charge < -0.3 is 4.74 Å². The van der Waals surface area contributed by atoms with Crippen LogP contribution < -0.4 is 0 Å². The van der Waals surface area contributed by atoms with Gasteiger partial charge in [-0.05, 0) is 6.42 Å². The highest BCUT2D eigenvalue weighted by atomic mass is 16.6. The van der Waals surface area contributed by atoms with Gasteiger partial charge in [0.25, 0.3) is 0 Å². The second-order valence-corrected chi connectivity index (χ2v) is 3.65. The van der Waals surface area contributed by atoms with E-state index in [9.17, 15) is 4.79 Å². The second-order valence-electron chi connectivity index (χ2n) is 3.65. The molecule has 0 radical (unpaired) electrons. The SMILES string of the molecule is CCCCC1C=C[C@@H]2COC(=O)N12. The first-order valence-electron chi connectivity index (χ1n) is 4.96. The van der Waals surface area contributed by atoms with Crippen LogP contribution in [0.3, 0.4) is 0 Å². The van der Waals surface area contributed by atoms with Gasteiger partial charge in [0, 0.05) is 0 Å². The highest BCUT2D eigenvalue weighted by molar-refractivity contribution is 5.72. The fraction of sp³-hybridized carbons (Fsp3) is 0.700. The van der Waals surface area contributed by atoms with Crippen LogP contribution in [0.1, 0.15) is 26.2 Å². The Bertz CT molecular complexity index is 237. The normalized spacial score (nSPS) is 30.8. The van der Waals surface area contributed by atoms with Crippen LogP contribution in [-0.4, -0.2) is 29.7 Å². The minimum atomic E-state index is -0.142. The molecule has 3 heteroatoms. The Morgan fingerprint density at radius 2 is 2.46 bits per heavy atom. The molecular formula is C10H15NO2. The van der Waals surface area contributed by atoms with Crippen molar-refractivity contribution in [2.24, 2.45) is 0 Å². The molecule has 2 heterocycles. The van der Waals surface area contributed by atoms with Crippen molar-refractivity contribution in [3.63, 3.8) is 0 Å². The van der Waals surface area contributed by atoms with Crippen LogP contribution in [0.5, 0.6) is 0 Å². The highest BCUT2D eigenvalue weighted by Gasteiger charge is 2.38. The summed E-state index contributed by atoms with van der Waals surface area (Å²) in [5.41, 5.74) is 0. The molecule has 0 bridgehead atoms. The monoisotopic (exact) mass is 181 g/mol. The van der Waals surface area contributed by atoms with Crippen LogP contribution >= 0.6 is 0 Å². The van der Waals surface area contributed by atoms with E-state index in [-0.39, 0.29) is 12.1 Å². The molecule has 72 valence electrons. The summed E-state index contributed by atoms with van der Waals surface area (Å²) in [5, 5.41) is 0. The minimum Gasteiger partial charge on any atom is -0.447 e. The van der Waals surface area contributed by atoms with Crippen LogP contribution in [0, 0.1) is 0 Å². The molecule has 1 fully saturated rings. The standard InChI is InChI=1S/C10H15NO2/c1-2-3-4-8-5-6-9-7-13-10(12)11(8)9/h5-6,8-9H,2-4,7H2,1H3/t8?,9-/m1/s1. The molecule has 0 saturated carbocycles. The van der Waals surface area contributed by atoms with E-state index in [0.29, 0.717) is 12.6 Å². The predicted molar refractivity (Wildman–Crippen MR) is 49.4 cm³/mol. The van der Waals surface area contributed by atoms with Gasteiger partial charge in [0.2, 0.25) is 0 Å². The number of amides is 1. The molecule has 1 saturated heterocycles. The molecule has 0 aromatic heterocycles. The molecule has 1 amide bonds. The molecule has 0 spiro atoms. The molecule has 0 aliphatic carbocycles. The van der Waals surface area contributed by atoms with E-state index in [4.69, 9.17) is 4.74 Å². The van der Waals surface area contributed by atoms with E-state index < -0.39 is 0 Å². The molecule has 0 aromatic rings. The summed E-state index contributed by atoms with van der Waals surface area (Å²) in [6, 6.07) is 0.509. The van der Waals surface area contributed by atoms with Gasteiger partial charge in [-0.15, -0.1) is 0 Å².